The number of hydrogen-bond acceptors (Lipinski definition) is 3. The molecule has 4 heteroatoms. The van der Waals surface area contributed by atoms with Gasteiger partial charge in [0.2, 0.25) is 0 Å². The first-order valence-corrected chi connectivity index (χ1v) is 6.68. The molecule has 1 atom stereocenters. The molecule has 1 heterocycles. The first kappa shape index (κ1) is 13.5. The first-order valence-electron chi connectivity index (χ1n) is 6.30. The van der Waals surface area contributed by atoms with Crippen LogP contribution < -0.4 is 14.8 Å². The van der Waals surface area contributed by atoms with Gasteiger partial charge in [0.05, 0.1) is 19.2 Å². The van der Waals surface area contributed by atoms with Crippen molar-refractivity contribution in [2.75, 3.05) is 20.8 Å². The Morgan fingerprint density at radius 2 is 2.17 bits per heavy atom. The highest BCUT2D eigenvalue weighted by atomic mass is 35.5. The highest BCUT2D eigenvalue weighted by molar-refractivity contribution is 6.33. The quantitative estimate of drug-likeness (QED) is 0.912. The van der Waals surface area contributed by atoms with Crippen LogP contribution in [0.3, 0.4) is 0 Å². The summed E-state index contributed by atoms with van der Waals surface area (Å²) in [5, 5.41) is 4.18. The summed E-state index contributed by atoms with van der Waals surface area (Å²) in [5.74, 6) is 1.33. The fourth-order valence-corrected chi connectivity index (χ4v) is 2.93. The zero-order valence-corrected chi connectivity index (χ0v) is 11.9. The minimum atomic E-state index is 0.527. The maximum absolute atomic E-state index is 6.44. The summed E-state index contributed by atoms with van der Waals surface area (Å²) in [4.78, 5) is 0. The number of benzene rings is 1. The highest BCUT2D eigenvalue weighted by Crippen LogP contribution is 2.40. The van der Waals surface area contributed by atoms with E-state index in [2.05, 4.69) is 12.2 Å². The predicted octanol–water partition coefficient (Wildman–Crippen LogP) is 2.96. The molecule has 1 unspecified atom stereocenters. The Morgan fingerprint density at radius 1 is 1.39 bits per heavy atom. The standard InChI is InChI=1S/C14H20ClNO2/c1-9-7-12(17-2)14(18-3)13(15)11(9)8-10-5-4-6-16-10/h7,10,16H,4-6,8H2,1-3H3. The summed E-state index contributed by atoms with van der Waals surface area (Å²) in [5.41, 5.74) is 2.32. The highest BCUT2D eigenvalue weighted by Gasteiger charge is 2.21. The van der Waals surface area contributed by atoms with Crippen molar-refractivity contribution < 1.29 is 9.47 Å². The van der Waals surface area contributed by atoms with Gasteiger partial charge in [-0.1, -0.05) is 11.6 Å². The molecule has 1 aliphatic heterocycles. The molecule has 1 saturated heterocycles. The van der Waals surface area contributed by atoms with E-state index in [1.165, 1.54) is 12.8 Å². The molecule has 0 aromatic heterocycles. The van der Waals surface area contributed by atoms with E-state index in [0.717, 1.165) is 24.1 Å². The van der Waals surface area contributed by atoms with Crippen LogP contribution in [0.2, 0.25) is 5.02 Å². The molecule has 0 radical (unpaired) electrons. The monoisotopic (exact) mass is 269 g/mol. The van der Waals surface area contributed by atoms with Crippen molar-refractivity contribution in [2.24, 2.45) is 0 Å². The summed E-state index contributed by atoms with van der Waals surface area (Å²) in [6.45, 7) is 3.17. The van der Waals surface area contributed by atoms with E-state index in [9.17, 15) is 0 Å². The maximum Gasteiger partial charge on any atom is 0.179 e. The van der Waals surface area contributed by atoms with Crippen LogP contribution in [0, 0.1) is 6.92 Å². The van der Waals surface area contributed by atoms with Gasteiger partial charge < -0.3 is 14.8 Å². The third-order valence-electron chi connectivity index (χ3n) is 3.55. The number of nitrogens with one attached hydrogen (secondary N) is 1. The lowest BCUT2D eigenvalue weighted by Crippen LogP contribution is -2.24. The Labute approximate surface area is 113 Å². The van der Waals surface area contributed by atoms with E-state index in [1.54, 1.807) is 14.2 Å². The van der Waals surface area contributed by atoms with E-state index in [1.807, 2.05) is 6.07 Å². The molecule has 100 valence electrons. The number of ether oxygens (including phenoxy) is 2. The summed E-state index contributed by atoms with van der Waals surface area (Å²) in [7, 11) is 3.25. The molecule has 18 heavy (non-hydrogen) atoms. The number of halogens is 1. The Bertz CT molecular complexity index is 428. The van der Waals surface area contributed by atoms with Gasteiger partial charge in [-0.15, -0.1) is 0 Å². The second-order valence-electron chi connectivity index (χ2n) is 4.72. The number of rotatable bonds is 4. The molecule has 3 nitrogen and oxygen atoms in total. The lowest BCUT2D eigenvalue weighted by molar-refractivity contribution is 0.354. The molecule has 0 saturated carbocycles. The smallest absolute Gasteiger partial charge is 0.179 e. The van der Waals surface area contributed by atoms with Gasteiger partial charge in [0.1, 0.15) is 0 Å². The van der Waals surface area contributed by atoms with Gasteiger partial charge in [-0.25, -0.2) is 0 Å². The van der Waals surface area contributed by atoms with Gasteiger partial charge in [-0.05, 0) is 49.9 Å². The van der Waals surface area contributed by atoms with Gasteiger partial charge in [0.25, 0.3) is 0 Å². The lowest BCUT2D eigenvalue weighted by atomic mass is 9.99. The van der Waals surface area contributed by atoms with Gasteiger partial charge in [-0.3, -0.25) is 0 Å². The molecule has 0 amide bonds. The largest absolute Gasteiger partial charge is 0.493 e. The Kier molecular flexibility index (Phi) is 4.36. The molecule has 1 aromatic carbocycles. The molecule has 0 aliphatic carbocycles. The van der Waals surface area contributed by atoms with Gasteiger partial charge in [0, 0.05) is 6.04 Å². The van der Waals surface area contributed by atoms with Crippen LogP contribution in [0.1, 0.15) is 24.0 Å². The summed E-state index contributed by atoms with van der Waals surface area (Å²) < 4.78 is 10.6. The van der Waals surface area contributed by atoms with E-state index >= 15 is 0 Å². The predicted molar refractivity (Wildman–Crippen MR) is 74.0 cm³/mol. The SMILES string of the molecule is COc1cc(C)c(CC2CCCN2)c(Cl)c1OC. The van der Waals surface area contributed by atoms with Gasteiger partial charge in [0.15, 0.2) is 11.5 Å². The minimum absolute atomic E-state index is 0.527. The van der Waals surface area contributed by atoms with Gasteiger partial charge >= 0.3 is 0 Å². The van der Waals surface area contributed by atoms with Crippen LogP contribution >= 0.6 is 11.6 Å². The van der Waals surface area contributed by atoms with Crippen molar-refractivity contribution in [3.63, 3.8) is 0 Å². The third-order valence-corrected chi connectivity index (χ3v) is 3.95. The number of hydrogen-bond donors (Lipinski definition) is 1. The zero-order chi connectivity index (χ0) is 13.1. The molecular formula is C14H20ClNO2. The minimum Gasteiger partial charge on any atom is -0.493 e. The topological polar surface area (TPSA) is 30.5 Å². The maximum atomic E-state index is 6.44. The summed E-state index contributed by atoms with van der Waals surface area (Å²) >= 11 is 6.44. The Hall–Kier alpha value is -0.930. The average molecular weight is 270 g/mol. The van der Waals surface area contributed by atoms with Crippen LogP contribution in [0.25, 0.3) is 0 Å². The molecule has 0 spiro atoms. The van der Waals surface area contributed by atoms with E-state index in [0.29, 0.717) is 22.6 Å². The van der Waals surface area contributed by atoms with Crippen molar-refractivity contribution in [3.05, 3.63) is 22.2 Å². The van der Waals surface area contributed by atoms with E-state index in [-0.39, 0.29) is 0 Å². The second kappa shape index (κ2) is 5.81. The summed E-state index contributed by atoms with van der Waals surface area (Å²) in [6, 6.07) is 2.52. The fraction of sp³-hybridized carbons (Fsp3) is 0.571. The Balaban J connectivity index is 2.33. The number of methoxy groups -OCH3 is 2. The molecule has 1 fully saturated rings. The average Bonchev–Trinajstić information content (AvgIpc) is 2.86. The van der Waals surface area contributed by atoms with Crippen LogP contribution in [0.15, 0.2) is 6.07 Å². The van der Waals surface area contributed by atoms with Crippen LogP contribution in [0.4, 0.5) is 0 Å². The van der Waals surface area contributed by atoms with Crippen molar-refractivity contribution >= 4 is 11.6 Å². The van der Waals surface area contributed by atoms with Crippen LogP contribution in [-0.2, 0) is 6.42 Å². The van der Waals surface area contributed by atoms with Crippen molar-refractivity contribution in [1.29, 1.82) is 0 Å². The van der Waals surface area contributed by atoms with Gasteiger partial charge in [-0.2, -0.15) is 0 Å². The summed E-state index contributed by atoms with van der Waals surface area (Å²) in [6.07, 6.45) is 3.41. The van der Waals surface area contributed by atoms with E-state index in [4.69, 9.17) is 21.1 Å². The molecule has 0 bridgehead atoms. The van der Waals surface area contributed by atoms with Crippen molar-refractivity contribution in [3.8, 4) is 11.5 Å². The third kappa shape index (κ3) is 2.57. The Morgan fingerprint density at radius 3 is 2.72 bits per heavy atom. The molecular weight excluding hydrogens is 250 g/mol. The number of aryl methyl sites for hydroxylation is 1. The van der Waals surface area contributed by atoms with Crippen molar-refractivity contribution in [2.45, 2.75) is 32.2 Å². The molecule has 1 N–H and O–H groups in total. The molecule has 1 aliphatic rings. The van der Waals surface area contributed by atoms with E-state index < -0.39 is 0 Å². The second-order valence-corrected chi connectivity index (χ2v) is 5.10. The normalized spacial score (nSPS) is 19.0. The molecule has 1 aromatic rings. The lowest BCUT2D eigenvalue weighted by Gasteiger charge is -2.18. The fourth-order valence-electron chi connectivity index (χ4n) is 2.54. The van der Waals surface area contributed by atoms with Crippen LogP contribution in [0.5, 0.6) is 11.5 Å². The van der Waals surface area contributed by atoms with Crippen molar-refractivity contribution in [1.82, 2.24) is 5.32 Å². The zero-order valence-electron chi connectivity index (χ0n) is 11.2. The molecule has 2 rings (SSSR count). The van der Waals surface area contributed by atoms with Crippen LogP contribution in [-0.4, -0.2) is 26.8 Å². The first-order chi connectivity index (χ1) is 8.67.